The van der Waals surface area contributed by atoms with E-state index < -0.39 is 62.5 Å². The number of nitrogen functional groups attached to an aromatic ring is 1. The number of carbonyl (C=O) groups excluding carboxylic acids is 1. The van der Waals surface area contributed by atoms with Crippen molar-refractivity contribution in [1.29, 1.82) is 0 Å². The van der Waals surface area contributed by atoms with E-state index in [0.717, 1.165) is 0 Å². The molecule has 254 valence electrons. The summed E-state index contributed by atoms with van der Waals surface area (Å²) in [6.07, 6.45) is -7.49. The molecule has 1 saturated heterocycles. The maximum absolute atomic E-state index is 14.1. The fourth-order valence-corrected chi connectivity index (χ4v) is 7.13. The van der Waals surface area contributed by atoms with Crippen LogP contribution in [0.2, 0.25) is 0 Å². The number of para-hydroxylation sites is 1. The number of alkyl halides is 3. The van der Waals surface area contributed by atoms with Gasteiger partial charge in [0.1, 0.15) is 35.8 Å². The number of aliphatic hydroxyl groups is 2. The Morgan fingerprint density at radius 2 is 1.94 bits per heavy atom. The first kappa shape index (κ1) is 34.6. The highest BCUT2D eigenvalue weighted by atomic mass is 31.2. The number of ether oxygens (including phenoxy) is 2. The van der Waals surface area contributed by atoms with Crippen LogP contribution in [0.3, 0.4) is 0 Å². The normalized spacial score (nSPS) is 28.3. The summed E-state index contributed by atoms with van der Waals surface area (Å²) in [7, 11) is -4.55. The van der Waals surface area contributed by atoms with Crippen LogP contribution in [-0.2, 0) is 23.4 Å². The second kappa shape index (κ2) is 13.8. The van der Waals surface area contributed by atoms with Crippen molar-refractivity contribution in [3.8, 4) is 5.75 Å². The first-order valence-corrected chi connectivity index (χ1v) is 16.3. The van der Waals surface area contributed by atoms with Gasteiger partial charge in [-0.25, -0.2) is 20.6 Å². The summed E-state index contributed by atoms with van der Waals surface area (Å²) in [5.74, 6) is -2.28. The van der Waals surface area contributed by atoms with E-state index in [1.54, 1.807) is 24.3 Å². The van der Waals surface area contributed by atoms with Crippen LogP contribution in [0.5, 0.6) is 5.75 Å². The number of esters is 1. The van der Waals surface area contributed by atoms with Crippen LogP contribution in [-0.4, -0.2) is 74.1 Å². The third kappa shape index (κ3) is 7.53. The largest absolute Gasteiger partial charge is 0.464 e. The zero-order valence-corrected chi connectivity index (χ0v) is 26.0. The molecule has 0 amide bonds. The third-order valence-corrected chi connectivity index (χ3v) is 9.93. The molecule has 3 aromatic rings. The zero-order valence-electron chi connectivity index (χ0n) is 25.1. The lowest BCUT2D eigenvalue weighted by Crippen LogP contribution is -2.45. The Labute approximate surface area is 267 Å². The molecule has 47 heavy (non-hydrogen) atoms. The van der Waals surface area contributed by atoms with E-state index in [0.29, 0.717) is 5.52 Å². The molecule has 1 unspecified atom stereocenters. The smallest absolute Gasteiger partial charge is 0.459 e. The minimum absolute atomic E-state index is 0.0533. The molecule has 0 spiro atoms. The van der Waals surface area contributed by atoms with Crippen molar-refractivity contribution in [3.05, 3.63) is 65.9 Å². The predicted molar refractivity (Wildman–Crippen MR) is 158 cm³/mol. The summed E-state index contributed by atoms with van der Waals surface area (Å²) in [6, 6.07) is 9.59. The second-order valence-electron chi connectivity index (χ2n) is 11.5. The van der Waals surface area contributed by atoms with Gasteiger partial charge in [0.2, 0.25) is 0 Å². The topological polar surface area (TPSA) is 184 Å². The second-order valence-corrected chi connectivity index (χ2v) is 13.2. The van der Waals surface area contributed by atoms with Gasteiger partial charge >= 0.3 is 25.6 Å². The van der Waals surface area contributed by atoms with E-state index in [-0.39, 0.29) is 55.5 Å². The Morgan fingerprint density at radius 3 is 2.60 bits per heavy atom. The molecule has 18 heteroatoms. The number of nitrogens with one attached hydrogen (secondary N) is 1. The first-order chi connectivity index (χ1) is 22.2. The SMILES string of the molecule is [C-]#[N+][C@]1(COP(=O)(N[C@@H](C)C(=O)OCC2CCC(C(F)(F)F)CC2)Oc2ccccc2)O[C@@H](c2ccc3c(N)ncnn23)[C@H](O)[C@@H]1O. The summed E-state index contributed by atoms with van der Waals surface area (Å²) in [4.78, 5) is 20.1. The van der Waals surface area contributed by atoms with Crippen LogP contribution in [0.25, 0.3) is 10.4 Å². The van der Waals surface area contributed by atoms with E-state index in [1.165, 1.54) is 36.0 Å². The number of rotatable bonds is 11. The molecular weight excluding hydrogens is 648 g/mol. The summed E-state index contributed by atoms with van der Waals surface area (Å²) in [6.45, 7) is 8.15. The molecule has 2 aromatic heterocycles. The van der Waals surface area contributed by atoms with Gasteiger partial charge in [-0.2, -0.15) is 23.4 Å². The van der Waals surface area contributed by atoms with Gasteiger partial charge in [-0.1, -0.05) is 18.2 Å². The van der Waals surface area contributed by atoms with Crippen LogP contribution < -0.4 is 15.3 Å². The molecule has 3 heterocycles. The lowest BCUT2D eigenvalue weighted by molar-refractivity contribution is -0.185. The number of hydrogen-bond donors (Lipinski definition) is 4. The maximum atomic E-state index is 14.1. The molecule has 5 N–H and O–H groups in total. The fourth-order valence-electron chi connectivity index (χ4n) is 5.62. The number of nitrogens with two attached hydrogens (primary N) is 1. The van der Waals surface area contributed by atoms with Gasteiger partial charge in [-0.05, 0) is 62.8 Å². The van der Waals surface area contributed by atoms with Gasteiger partial charge in [0, 0.05) is 0 Å². The molecule has 1 saturated carbocycles. The number of hydrogen-bond acceptors (Lipinski definition) is 11. The molecule has 1 aliphatic carbocycles. The quantitative estimate of drug-likeness (QED) is 0.131. The number of aliphatic hydroxyl groups excluding tert-OH is 2. The van der Waals surface area contributed by atoms with Gasteiger partial charge in [0.15, 0.2) is 18.5 Å². The molecule has 2 fully saturated rings. The number of aromatic nitrogens is 3. The highest BCUT2D eigenvalue weighted by Crippen LogP contribution is 2.49. The predicted octanol–water partition coefficient (Wildman–Crippen LogP) is 3.81. The summed E-state index contributed by atoms with van der Waals surface area (Å²) in [5, 5.41) is 28.5. The molecule has 0 bridgehead atoms. The van der Waals surface area contributed by atoms with Crippen molar-refractivity contribution < 1.29 is 51.3 Å². The van der Waals surface area contributed by atoms with Crippen LogP contribution >= 0.6 is 7.75 Å². The summed E-state index contributed by atoms with van der Waals surface area (Å²) in [5.41, 5.74) is 4.25. The average Bonchev–Trinajstić information content (AvgIpc) is 3.58. The minimum Gasteiger partial charge on any atom is -0.464 e. The Bertz CT molecular complexity index is 1650. The molecule has 14 nitrogen and oxygen atoms in total. The monoisotopic (exact) mass is 682 g/mol. The van der Waals surface area contributed by atoms with E-state index in [9.17, 15) is 32.7 Å². The lowest BCUT2D eigenvalue weighted by atomic mass is 9.82. The van der Waals surface area contributed by atoms with Crippen molar-refractivity contribution in [2.24, 2.45) is 11.8 Å². The Morgan fingerprint density at radius 1 is 1.23 bits per heavy atom. The van der Waals surface area contributed by atoms with Crippen LogP contribution in [0.15, 0.2) is 48.8 Å². The number of carbonyl (C=O) groups is 1. The highest BCUT2D eigenvalue weighted by molar-refractivity contribution is 7.52. The summed E-state index contributed by atoms with van der Waals surface area (Å²) >= 11 is 0. The van der Waals surface area contributed by atoms with Gasteiger partial charge in [-0.3, -0.25) is 18.9 Å². The first-order valence-electron chi connectivity index (χ1n) is 14.8. The Balaban J connectivity index is 1.28. The Hall–Kier alpha value is -3.78. The average molecular weight is 683 g/mol. The van der Waals surface area contributed by atoms with E-state index in [1.807, 2.05) is 0 Å². The fraction of sp³-hybridized carbons (Fsp3) is 0.517. The lowest BCUT2D eigenvalue weighted by Gasteiger charge is -2.30. The van der Waals surface area contributed by atoms with Crippen molar-refractivity contribution in [2.75, 3.05) is 18.9 Å². The van der Waals surface area contributed by atoms with Gasteiger partial charge < -0.3 is 25.2 Å². The molecule has 0 radical (unpaired) electrons. The van der Waals surface area contributed by atoms with Crippen molar-refractivity contribution in [3.63, 3.8) is 0 Å². The molecular formula is C29H34F3N6O8P. The van der Waals surface area contributed by atoms with Crippen LogP contribution in [0.4, 0.5) is 19.0 Å². The van der Waals surface area contributed by atoms with E-state index in [2.05, 4.69) is 20.0 Å². The van der Waals surface area contributed by atoms with E-state index >= 15 is 0 Å². The summed E-state index contributed by atoms with van der Waals surface area (Å²) < 4.78 is 76.8. The number of anilines is 1. The van der Waals surface area contributed by atoms with Gasteiger partial charge in [0.25, 0.3) is 0 Å². The number of halogens is 3. The minimum atomic E-state index is -4.55. The van der Waals surface area contributed by atoms with Crippen molar-refractivity contribution in [1.82, 2.24) is 19.7 Å². The highest BCUT2D eigenvalue weighted by Gasteiger charge is 2.62. The number of nitrogens with zero attached hydrogens (tertiary/aromatic N) is 4. The van der Waals surface area contributed by atoms with Crippen molar-refractivity contribution >= 4 is 25.1 Å². The number of benzene rings is 1. The van der Waals surface area contributed by atoms with E-state index in [4.69, 9.17) is 30.8 Å². The zero-order chi connectivity index (χ0) is 34.0. The molecule has 1 aliphatic heterocycles. The Kier molecular flexibility index (Phi) is 10.1. The third-order valence-electron chi connectivity index (χ3n) is 8.31. The van der Waals surface area contributed by atoms with Crippen LogP contribution in [0, 0.1) is 18.4 Å². The van der Waals surface area contributed by atoms with Crippen molar-refractivity contribution in [2.45, 2.75) is 68.9 Å². The molecule has 2 aliphatic rings. The molecule has 1 aromatic carbocycles. The standard InChI is InChI=1S/C29H34F3N6O8P/c1-17(27(41)43-14-18-8-10-19(11-9-18)29(30,31)32)37-47(42,46-20-6-4-3-5-7-20)44-15-28(34-2)25(40)23(39)24(45-28)21-12-13-22-26(33)35-16-36-38(21)22/h3-7,12-13,16-19,23-25,39-40H,8-11,14-15H2,1H3,(H,37,42)(H2,33,35,36)/t17-,18?,19?,23-,24-,25-,28+,47?/m0/s1. The van der Waals surface area contributed by atoms with Gasteiger partial charge in [0.05, 0.1) is 18.2 Å². The molecule has 5 rings (SSSR count). The van der Waals surface area contributed by atoms with Crippen LogP contribution in [0.1, 0.15) is 44.4 Å². The van der Waals surface area contributed by atoms with Gasteiger partial charge in [-0.15, -0.1) is 0 Å². The molecule has 6 atom stereocenters. The number of fused-ring (bicyclic) bond motifs is 1. The maximum Gasteiger partial charge on any atom is 0.459 e.